The fraction of sp³-hybridized carbons (Fsp3) is 0.667. The predicted molar refractivity (Wildman–Crippen MR) is 92.4 cm³/mol. The monoisotopic (exact) mass is 292 g/mol. The minimum Gasteiger partial charge on any atom is -0.494 e. The van der Waals surface area contributed by atoms with Crippen LogP contribution in [-0.4, -0.2) is 37.7 Å². The molecule has 0 fully saturated rings. The normalized spacial score (nSPS) is 10.9. The van der Waals surface area contributed by atoms with E-state index < -0.39 is 0 Å². The minimum atomic E-state index is 0.812. The Labute approximate surface area is 130 Å². The highest BCUT2D eigenvalue weighted by Crippen LogP contribution is 2.15. The first-order valence-corrected chi connectivity index (χ1v) is 8.49. The number of anilines is 1. The van der Waals surface area contributed by atoms with Gasteiger partial charge >= 0.3 is 0 Å². The molecule has 21 heavy (non-hydrogen) atoms. The zero-order chi connectivity index (χ0) is 15.3. The second-order valence-corrected chi connectivity index (χ2v) is 5.49. The average Bonchev–Trinajstić information content (AvgIpc) is 2.49. The standard InChI is InChI=1S/C18H32N2O/c1-4-7-16-21-18-10-8-17(9-11-18)19-12-15-20(13-5-2)14-6-3/h8-11,19H,4-7,12-16H2,1-3H3. The Morgan fingerprint density at radius 1 is 0.905 bits per heavy atom. The van der Waals surface area contributed by atoms with Gasteiger partial charge in [-0.05, 0) is 56.6 Å². The lowest BCUT2D eigenvalue weighted by atomic mass is 10.3. The molecular weight excluding hydrogens is 260 g/mol. The Morgan fingerprint density at radius 2 is 1.57 bits per heavy atom. The predicted octanol–water partition coefficient (Wildman–Crippen LogP) is 4.40. The highest BCUT2D eigenvalue weighted by atomic mass is 16.5. The summed E-state index contributed by atoms with van der Waals surface area (Å²) in [4.78, 5) is 2.52. The van der Waals surface area contributed by atoms with E-state index in [1.807, 2.05) is 12.1 Å². The van der Waals surface area contributed by atoms with Crippen molar-refractivity contribution in [1.29, 1.82) is 0 Å². The highest BCUT2D eigenvalue weighted by Gasteiger charge is 2.02. The Hall–Kier alpha value is -1.22. The molecule has 0 bridgehead atoms. The molecule has 1 rings (SSSR count). The summed E-state index contributed by atoms with van der Waals surface area (Å²) in [6.45, 7) is 12.0. The maximum Gasteiger partial charge on any atom is 0.119 e. The molecule has 0 saturated heterocycles. The average molecular weight is 292 g/mol. The van der Waals surface area contributed by atoms with Crippen molar-refractivity contribution < 1.29 is 4.74 Å². The van der Waals surface area contributed by atoms with Gasteiger partial charge in [0.25, 0.3) is 0 Å². The molecule has 1 N–H and O–H groups in total. The van der Waals surface area contributed by atoms with Crippen LogP contribution in [0.2, 0.25) is 0 Å². The van der Waals surface area contributed by atoms with Gasteiger partial charge in [-0.2, -0.15) is 0 Å². The number of rotatable bonds is 12. The van der Waals surface area contributed by atoms with E-state index in [9.17, 15) is 0 Å². The van der Waals surface area contributed by atoms with E-state index in [0.29, 0.717) is 0 Å². The van der Waals surface area contributed by atoms with E-state index in [4.69, 9.17) is 4.74 Å². The van der Waals surface area contributed by atoms with E-state index in [2.05, 4.69) is 43.1 Å². The number of benzene rings is 1. The van der Waals surface area contributed by atoms with Crippen molar-refractivity contribution in [2.24, 2.45) is 0 Å². The van der Waals surface area contributed by atoms with Crippen LogP contribution in [0.1, 0.15) is 46.5 Å². The maximum absolute atomic E-state index is 5.67. The van der Waals surface area contributed by atoms with E-state index >= 15 is 0 Å². The van der Waals surface area contributed by atoms with Gasteiger partial charge in [0.15, 0.2) is 0 Å². The molecule has 120 valence electrons. The SMILES string of the molecule is CCCCOc1ccc(NCCN(CCC)CCC)cc1. The first-order valence-electron chi connectivity index (χ1n) is 8.49. The zero-order valence-corrected chi connectivity index (χ0v) is 14.0. The topological polar surface area (TPSA) is 24.5 Å². The molecule has 0 heterocycles. The van der Waals surface area contributed by atoms with Gasteiger partial charge in [0.2, 0.25) is 0 Å². The smallest absolute Gasteiger partial charge is 0.119 e. The third-order valence-electron chi connectivity index (χ3n) is 3.46. The summed E-state index contributed by atoms with van der Waals surface area (Å²) in [6.07, 6.45) is 4.74. The second-order valence-electron chi connectivity index (χ2n) is 5.49. The van der Waals surface area contributed by atoms with Crippen LogP contribution < -0.4 is 10.1 Å². The Balaban J connectivity index is 2.28. The molecule has 0 unspecified atom stereocenters. The molecular formula is C18H32N2O. The molecule has 1 aromatic rings. The van der Waals surface area contributed by atoms with Crippen LogP contribution >= 0.6 is 0 Å². The van der Waals surface area contributed by atoms with Gasteiger partial charge in [0.1, 0.15) is 5.75 Å². The van der Waals surface area contributed by atoms with Crippen LogP contribution in [0.3, 0.4) is 0 Å². The molecule has 0 atom stereocenters. The lowest BCUT2D eigenvalue weighted by Crippen LogP contribution is -2.30. The van der Waals surface area contributed by atoms with Crippen LogP contribution in [0.15, 0.2) is 24.3 Å². The van der Waals surface area contributed by atoms with Gasteiger partial charge in [-0.15, -0.1) is 0 Å². The molecule has 0 amide bonds. The lowest BCUT2D eigenvalue weighted by molar-refractivity contribution is 0.285. The zero-order valence-electron chi connectivity index (χ0n) is 14.0. The van der Waals surface area contributed by atoms with Crippen LogP contribution in [0, 0.1) is 0 Å². The molecule has 3 nitrogen and oxygen atoms in total. The fourth-order valence-corrected chi connectivity index (χ4v) is 2.33. The van der Waals surface area contributed by atoms with E-state index in [1.54, 1.807) is 0 Å². The maximum atomic E-state index is 5.67. The summed E-state index contributed by atoms with van der Waals surface area (Å²) in [5.41, 5.74) is 1.17. The molecule has 0 aliphatic heterocycles. The molecule has 0 aliphatic rings. The van der Waals surface area contributed by atoms with E-state index in [0.717, 1.165) is 31.9 Å². The summed E-state index contributed by atoms with van der Waals surface area (Å²) in [5, 5.41) is 3.49. The first kappa shape index (κ1) is 17.8. The van der Waals surface area contributed by atoms with E-state index in [-0.39, 0.29) is 0 Å². The molecule has 0 radical (unpaired) electrons. The van der Waals surface area contributed by atoms with Crippen LogP contribution in [0.25, 0.3) is 0 Å². The second kappa shape index (κ2) is 11.4. The Morgan fingerprint density at radius 3 is 2.14 bits per heavy atom. The van der Waals surface area contributed by atoms with Crippen molar-refractivity contribution >= 4 is 5.69 Å². The molecule has 0 spiro atoms. The van der Waals surface area contributed by atoms with Crippen LogP contribution in [0.5, 0.6) is 5.75 Å². The first-order chi connectivity index (χ1) is 10.3. The largest absolute Gasteiger partial charge is 0.494 e. The number of hydrogen-bond donors (Lipinski definition) is 1. The fourth-order valence-electron chi connectivity index (χ4n) is 2.33. The number of unbranched alkanes of at least 4 members (excludes halogenated alkanes) is 1. The van der Waals surface area contributed by atoms with Gasteiger partial charge in [0.05, 0.1) is 6.61 Å². The number of ether oxygens (including phenoxy) is 1. The number of hydrogen-bond acceptors (Lipinski definition) is 3. The molecule has 3 heteroatoms. The van der Waals surface area contributed by atoms with Crippen molar-refractivity contribution in [2.75, 3.05) is 38.1 Å². The lowest BCUT2D eigenvalue weighted by Gasteiger charge is -2.21. The van der Waals surface area contributed by atoms with Crippen molar-refractivity contribution in [3.05, 3.63) is 24.3 Å². The van der Waals surface area contributed by atoms with Gasteiger partial charge in [-0.1, -0.05) is 27.2 Å². The van der Waals surface area contributed by atoms with Gasteiger partial charge in [0, 0.05) is 18.8 Å². The quantitative estimate of drug-likeness (QED) is 0.578. The van der Waals surface area contributed by atoms with Crippen molar-refractivity contribution in [3.63, 3.8) is 0 Å². The summed E-state index contributed by atoms with van der Waals surface area (Å²) >= 11 is 0. The summed E-state index contributed by atoms with van der Waals surface area (Å²) < 4.78 is 5.67. The third-order valence-corrected chi connectivity index (χ3v) is 3.46. The molecule has 0 saturated carbocycles. The van der Waals surface area contributed by atoms with Gasteiger partial charge in [-0.3, -0.25) is 0 Å². The van der Waals surface area contributed by atoms with Gasteiger partial charge < -0.3 is 15.0 Å². The number of nitrogens with one attached hydrogen (secondary N) is 1. The Bertz CT molecular complexity index is 345. The van der Waals surface area contributed by atoms with Crippen molar-refractivity contribution in [2.45, 2.75) is 46.5 Å². The molecule has 0 aliphatic carbocycles. The summed E-state index contributed by atoms with van der Waals surface area (Å²) in [7, 11) is 0. The molecule has 0 aromatic heterocycles. The Kier molecular flexibility index (Phi) is 9.71. The third kappa shape index (κ3) is 7.96. The van der Waals surface area contributed by atoms with Crippen LogP contribution in [-0.2, 0) is 0 Å². The number of nitrogens with zero attached hydrogens (tertiary/aromatic N) is 1. The minimum absolute atomic E-state index is 0.812. The van der Waals surface area contributed by atoms with E-state index in [1.165, 1.54) is 38.0 Å². The van der Waals surface area contributed by atoms with Crippen molar-refractivity contribution in [3.8, 4) is 5.75 Å². The van der Waals surface area contributed by atoms with Crippen molar-refractivity contribution in [1.82, 2.24) is 4.90 Å². The summed E-state index contributed by atoms with van der Waals surface area (Å²) in [6, 6.07) is 8.30. The molecule has 1 aromatic carbocycles. The van der Waals surface area contributed by atoms with Crippen LogP contribution in [0.4, 0.5) is 5.69 Å². The highest BCUT2D eigenvalue weighted by molar-refractivity contribution is 5.46. The summed E-state index contributed by atoms with van der Waals surface area (Å²) in [5.74, 6) is 0.965. The van der Waals surface area contributed by atoms with Gasteiger partial charge in [-0.25, -0.2) is 0 Å².